The number of anilines is 1. The van der Waals surface area contributed by atoms with Gasteiger partial charge in [0.1, 0.15) is 0 Å². The van der Waals surface area contributed by atoms with Crippen LogP contribution in [0.25, 0.3) is 0 Å². The summed E-state index contributed by atoms with van der Waals surface area (Å²) in [6.07, 6.45) is 2.00. The van der Waals surface area contributed by atoms with Crippen molar-refractivity contribution in [3.05, 3.63) is 39.2 Å². The van der Waals surface area contributed by atoms with Crippen LogP contribution in [0.3, 0.4) is 0 Å². The van der Waals surface area contributed by atoms with Crippen LogP contribution in [-0.4, -0.2) is 26.4 Å². The van der Waals surface area contributed by atoms with Crippen molar-refractivity contribution in [2.45, 2.75) is 24.0 Å². The molecule has 0 atom stereocenters. The van der Waals surface area contributed by atoms with Gasteiger partial charge in [-0.1, -0.05) is 27.7 Å². The summed E-state index contributed by atoms with van der Waals surface area (Å²) in [6, 6.07) is 7.61. The molecule has 1 aromatic carbocycles. The Balaban J connectivity index is 1.58. The Hall–Kier alpha value is -1.54. The second kappa shape index (κ2) is 6.07. The lowest BCUT2D eigenvalue weighted by atomic mass is 10.3. The molecule has 8 heteroatoms. The number of carbonyl (C=O) groups excluding carboxylic acids is 1. The first-order chi connectivity index (χ1) is 10.1. The molecule has 1 aromatic heterocycles. The molecule has 21 heavy (non-hydrogen) atoms. The van der Waals surface area contributed by atoms with E-state index in [1.165, 1.54) is 11.8 Å². The minimum atomic E-state index is -0.201. The Bertz CT molecular complexity index is 706. The molecular formula is C13H13BrN4O2S. The molecule has 0 radical (unpaired) electrons. The van der Waals surface area contributed by atoms with Crippen molar-refractivity contribution < 1.29 is 4.79 Å². The van der Waals surface area contributed by atoms with Gasteiger partial charge in [-0.2, -0.15) is 0 Å². The fourth-order valence-electron chi connectivity index (χ4n) is 1.91. The molecule has 0 unspecified atom stereocenters. The summed E-state index contributed by atoms with van der Waals surface area (Å²) in [4.78, 5) is 23.5. The van der Waals surface area contributed by atoms with Crippen LogP contribution < -0.4 is 11.0 Å². The highest BCUT2D eigenvalue weighted by molar-refractivity contribution is 9.10. The van der Waals surface area contributed by atoms with Crippen LogP contribution in [0.5, 0.6) is 0 Å². The Labute approximate surface area is 133 Å². The predicted molar refractivity (Wildman–Crippen MR) is 84.6 cm³/mol. The average Bonchev–Trinajstić information content (AvgIpc) is 3.23. The summed E-state index contributed by atoms with van der Waals surface area (Å²) in [6.45, 7) is 0. The van der Waals surface area contributed by atoms with Crippen LogP contribution in [0.1, 0.15) is 18.9 Å². The van der Waals surface area contributed by atoms with Gasteiger partial charge in [-0.25, -0.2) is 9.89 Å². The molecule has 0 spiro atoms. The number of nitrogens with zero attached hydrogens (tertiary/aromatic N) is 2. The van der Waals surface area contributed by atoms with Gasteiger partial charge >= 0.3 is 5.69 Å². The van der Waals surface area contributed by atoms with Gasteiger partial charge in [0.15, 0.2) is 5.16 Å². The maximum atomic E-state index is 11.9. The highest BCUT2D eigenvalue weighted by Crippen LogP contribution is 2.35. The van der Waals surface area contributed by atoms with Crippen LogP contribution >= 0.6 is 27.7 Å². The van der Waals surface area contributed by atoms with Crippen molar-refractivity contribution in [3.63, 3.8) is 0 Å². The smallest absolute Gasteiger partial charge is 0.325 e. The number of benzene rings is 1. The van der Waals surface area contributed by atoms with Crippen molar-refractivity contribution in [2.75, 3.05) is 11.1 Å². The molecule has 1 heterocycles. The maximum Gasteiger partial charge on any atom is 0.344 e. The van der Waals surface area contributed by atoms with Crippen LogP contribution in [-0.2, 0) is 4.79 Å². The van der Waals surface area contributed by atoms with E-state index < -0.39 is 0 Å². The Morgan fingerprint density at radius 2 is 2.14 bits per heavy atom. The molecule has 0 saturated heterocycles. The fourth-order valence-corrected chi connectivity index (χ4v) is 2.99. The van der Waals surface area contributed by atoms with E-state index in [4.69, 9.17) is 0 Å². The monoisotopic (exact) mass is 368 g/mol. The number of H-pyrrole nitrogens is 1. The molecule has 3 rings (SSSR count). The van der Waals surface area contributed by atoms with Crippen LogP contribution in [0.2, 0.25) is 0 Å². The average molecular weight is 369 g/mol. The van der Waals surface area contributed by atoms with E-state index in [2.05, 4.69) is 31.4 Å². The first kappa shape index (κ1) is 14.4. The second-order valence-electron chi connectivity index (χ2n) is 4.76. The summed E-state index contributed by atoms with van der Waals surface area (Å²) >= 11 is 4.61. The van der Waals surface area contributed by atoms with E-state index in [0.717, 1.165) is 23.0 Å². The number of rotatable bonds is 5. The number of amides is 1. The minimum absolute atomic E-state index is 0.125. The lowest BCUT2D eigenvalue weighted by Gasteiger charge is -2.05. The SMILES string of the molecule is O=C(CSc1n[nH]c(=O)n1C1CC1)Nc1ccc(Br)cc1. The fraction of sp³-hybridized carbons (Fsp3) is 0.308. The Morgan fingerprint density at radius 3 is 2.81 bits per heavy atom. The molecule has 6 nitrogen and oxygen atoms in total. The van der Waals surface area contributed by atoms with E-state index in [1.54, 1.807) is 4.57 Å². The standard InChI is InChI=1S/C13H13BrN4O2S/c14-8-1-3-9(4-2-8)15-11(19)7-21-13-17-16-12(20)18(13)10-5-6-10/h1-4,10H,5-7H2,(H,15,19)(H,16,20). The van der Waals surface area contributed by atoms with Crippen molar-refractivity contribution in [2.24, 2.45) is 0 Å². The predicted octanol–water partition coefficient (Wildman–Crippen LogP) is 2.40. The third-order valence-corrected chi connectivity index (χ3v) is 4.53. The summed E-state index contributed by atoms with van der Waals surface area (Å²) in [5, 5.41) is 9.79. The van der Waals surface area contributed by atoms with Crippen LogP contribution in [0, 0.1) is 0 Å². The molecule has 1 saturated carbocycles. The van der Waals surface area contributed by atoms with E-state index in [0.29, 0.717) is 5.16 Å². The van der Waals surface area contributed by atoms with Gasteiger partial charge in [0.25, 0.3) is 0 Å². The molecular weight excluding hydrogens is 356 g/mol. The normalized spacial score (nSPS) is 14.1. The van der Waals surface area contributed by atoms with Gasteiger partial charge in [-0.15, -0.1) is 5.10 Å². The van der Waals surface area contributed by atoms with Gasteiger partial charge in [0.05, 0.1) is 5.75 Å². The zero-order valence-electron chi connectivity index (χ0n) is 11.0. The van der Waals surface area contributed by atoms with Gasteiger partial charge in [0.2, 0.25) is 5.91 Å². The van der Waals surface area contributed by atoms with E-state index in [1.807, 2.05) is 24.3 Å². The third-order valence-electron chi connectivity index (χ3n) is 3.04. The molecule has 0 bridgehead atoms. The van der Waals surface area contributed by atoms with Gasteiger partial charge < -0.3 is 5.32 Å². The lowest BCUT2D eigenvalue weighted by Crippen LogP contribution is -2.17. The number of thioether (sulfide) groups is 1. The van der Waals surface area contributed by atoms with Gasteiger partial charge in [-0.05, 0) is 37.1 Å². The molecule has 1 fully saturated rings. The minimum Gasteiger partial charge on any atom is -0.325 e. The molecule has 1 aliphatic carbocycles. The third kappa shape index (κ3) is 3.56. The number of carbonyl (C=O) groups is 1. The highest BCUT2D eigenvalue weighted by atomic mass is 79.9. The Morgan fingerprint density at radius 1 is 1.43 bits per heavy atom. The topological polar surface area (TPSA) is 79.8 Å². The molecule has 2 N–H and O–H groups in total. The molecule has 110 valence electrons. The number of nitrogens with one attached hydrogen (secondary N) is 2. The van der Waals surface area contributed by atoms with E-state index in [-0.39, 0.29) is 23.4 Å². The molecule has 1 amide bonds. The van der Waals surface area contributed by atoms with Crippen molar-refractivity contribution >= 4 is 39.3 Å². The largest absolute Gasteiger partial charge is 0.344 e. The second-order valence-corrected chi connectivity index (χ2v) is 6.61. The highest BCUT2D eigenvalue weighted by Gasteiger charge is 2.28. The number of hydrogen-bond acceptors (Lipinski definition) is 4. The lowest BCUT2D eigenvalue weighted by molar-refractivity contribution is -0.113. The van der Waals surface area contributed by atoms with E-state index in [9.17, 15) is 9.59 Å². The summed E-state index contributed by atoms with van der Waals surface area (Å²) < 4.78 is 2.59. The van der Waals surface area contributed by atoms with Gasteiger partial charge in [-0.3, -0.25) is 9.36 Å². The Kier molecular flexibility index (Phi) is 4.16. The number of aromatic nitrogens is 3. The number of halogens is 1. The first-order valence-electron chi connectivity index (χ1n) is 6.48. The number of aromatic amines is 1. The van der Waals surface area contributed by atoms with E-state index >= 15 is 0 Å². The maximum absolute atomic E-state index is 11.9. The molecule has 2 aromatic rings. The molecule has 0 aliphatic heterocycles. The summed E-state index contributed by atoms with van der Waals surface area (Å²) in [5.74, 6) is 0.0905. The van der Waals surface area contributed by atoms with Crippen molar-refractivity contribution in [3.8, 4) is 0 Å². The zero-order valence-corrected chi connectivity index (χ0v) is 13.4. The number of hydrogen-bond donors (Lipinski definition) is 2. The quantitative estimate of drug-likeness (QED) is 0.794. The summed E-state index contributed by atoms with van der Waals surface area (Å²) in [7, 11) is 0. The van der Waals surface area contributed by atoms with Gasteiger partial charge in [0, 0.05) is 16.2 Å². The summed E-state index contributed by atoms with van der Waals surface area (Å²) in [5.41, 5.74) is 0.540. The van der Waals surface area contributed by atoms with Crippen molar-refractivity contribution in [1.29, 1.82) is 0 Å². The van der Waals surface area contributed by atoms with Crippen LogP contribution in [0.4, 0.5) is 5.69 Å². The molecule has 1 aliphatic rings. The van der Waals surface area contributed by atoms with Crippen molar-refractivity contribution in [1.82, 2.24) is 14.8 Å². The zero-order chi connectivity index (χ0) is 14.8. The first-order valence-corrected chi connectivity index (χ1v) is 8.26. The van der Waals surface area contributed by atoms with Crippen LogP contribution in [0.15, 0.2) is 38.7 Å².